The van der Waals surface area contributed by atoms with Gasteiger partial charge in [-0.15, -0.1) is 0 Å². The summed E-state index contributed by atoms with van der Waals surface area (Å²) in [6.45, 7) is 4.57. The lowest BCUT2D eigenvalue weighted by molar-refractivity contribution is -0.258. The molecule has 0 saturated carbocycles. The summed E-state index contributed by atoms with van der Waals surface area (Å²) in [7, 11) is 2.60. The average molecular weight is 540 g/mol. The molecule has 2 aromatic carbocycles. The summed E-state index contributed by atoms with van der Waals surface area (Å²) in [6, 6.07) is 12.4. The minimum absolute atomic E-state index is 0.107. The smallest absolute Gasteiger partial charge is 0.380 e. The van der Waals surface area contributed by atoms with Crippen molar-refractivity contribution in [3.63, 3.8) is 0 Å². The van der Waals surface area contributed by atoms with Crippen molar-refractivity contribution < 1.29 is 35.8 Å². The van der Waals surface area contributed by atoms with Crippen LogP contribution in [0.25, 0.3) is 21.7 Å². The Balaban J connectivity index is 2.06. The second-order valence-electron chi connectivity index (χ2n) is 8.80. The van der Waals surface area contributed by atoms with E-state index in [1.165, 1.54) is 33.1 Å². The van der Waals surface area contributed by atoms with E-state index in [0.29, 0.717) is 11.3 Å². The first kappa shape index (κ1) is 26.8. The lowest BCUT2D eigenvalue weighted by atomic mass is 9.88. The van der Waals surface area contributed by atoms with E-state index < -0.39 is 40.2 Å². The molecule has 1 aliphatic rings. The molecule has 0 spiro atoms. The molecule has 0 unspecified atom stereocenters. The number of rotatable bonds is 6. The number of benzene rings is 2. The predicted octanol–water partition coefficient (Wildman–Crippen LogP) is 8.30. The molecule has 0 fully saturated rings. The molecule has 0 atom stereocenters. The van der Waals surface area contributed by atoms with Gasteiger partial charge in [0, 0.05) is 11.1 Å². The molecule has 1 aromatic heterocycles. The molecule has 1 aliphatic carbocycles. The highest BCUT2D eigenvalue weighted by atomic mass is 32.1. The number of alkyl halides is 6. The Kier molecular flexibility index (Phi) is 6.69. The molecule has 0 saturated heterocycles. The molecular weight excluding hydrogens is 516 g/mol. The fraction of sp³-hybridized carbons (Fsp3) is 0.296. The van der Waals surface area contributed by atoms with Crippen molar-refractivity contribution in [2.45, 2.75) is 38.5 Å². The molecular formula is C27H23F6NO2S. The highest BCUT2D eigenvalue weighted by Crippen LogP contribution is 2.65. The minimum Gasteiger partial charge on any atom is -0.497 e. The molecule has 0 bridgehead atoms. The third-order valence-electron chi connectivity index (χ3n) is 6.11. The van der Waals surface area contributed by atoms with Crippen LogP contribution in [-0.4, -0.2) is 37.0 Å². The molecule has 0 amide bonds. The summed E-state index contributed by atoms with van der Waals surface area (Å²) in [5.41, 5.74) is -2.66. The van der Waals surface area contributed by atoms with Gasteiger partial charge >= 0.3 is 17.8 Å². The first-order chi connectivity index (χ1) is 17.3. The second-order valence-corrected chi connectivity index (χ2v) is 9.76. The van der Waals surface area contributed by atoms with Crippen molar-refractivity contribution in [3.05, 3.63) is 76.5 Å². The predicted molar refractivity (Wildman–Crippen MR) is 132 cm³/mol. The van der Waals surface area contributed by atoms with Gasteiger partial charge in [0.05, 0.1) is 19.8 Å². The Morgan fingerprint density at radius 1 is 0.811 bits per heavy atom. The third kappa shape index (κ3) is 4.11. The van der Waals surface area contributed by atoms with Crippen LogP contribution in [0.4, 0.5) is 26.3 Å². The van der Waals surface area contributed by atoms with E-state index in [2.05, 4.69) is 4.98 Å². The molecule has 10 heteroatoms. The number of thiazole rings is 1. The maximum atomic E-state index is 15.4. The largest absolute Gasteiger partial charge is 0.497 e. The Morgan fingerprint density at radius 2 is 1.41 bits per heavy atom. The molecule has 196 valence electrons. The number of methoxy groups -OCH3 is 2. The van der Waals surface area contributed by atoms with Crippen molar-refractivity contribution >= 4 is 22.5 Å². The number of ether oxygens (including phenoxy) is 2. The number of hydrogen-bond donors (Lipinski definition) is 0. The van der Waals surface area contributed by atoms with Crippen molar-refractivity contribution in [2.24, 2.45) is 0 Å². The molecule has 0 radical (unpaired) electrons. The maximum absolute atomic E-state index is 15.4. The zero-order valence-corrected chi connectivity index (χ0v) is 21.4. The maximum Gasteiger partial charge on any atom is 0.380 e. The van der Waals surface area contributed by atoms with Crippen LogP contribution in [0.5, 0.6) is 10.8 Å². The summed E-state index contributed by atoms with van der Waals surface area (Å²) >= 11 is 0.786. The van der Waals surface area contributed by atoms with E-state index in [0.717, 1.165) is 24.0 Å². The summed E-state index contributed by atoms with van der Waals surface area (Å²) in [5.74, 6) is -15.6. The molecule has 1 heterocycles. The van der Waals surface area contributed by atoms with Gasteiger partial charge in [-0.2, -0.15) is 26.3 Å². The van der Waals surface area contributed by atoms with Crippen LogP contribution in [0.1, 0.15) is 30.7 Å². The van der Waals surface area contributed by atoms with Gasteiger partial charge in [0.25, 0.3) is 0 Å². The number of allylic oxidation sites excluding steroid dienone is 4. The van der Waals surface area contributed by atoms with Gasteiger partial charge in [0.1, 0.15) is 16.5 Å². The monoisotopic (exact) mass is 539 g/mol. The van der Waals surface area contributed by atoms with E-state index >= 15 is 17.6 Å². The van der Waals surface area contributed by atoms with Crippen molar-refractivity contribution in [3.8, 4) is 21.4 Å². The van der Waals surface area contributed by atoms with Crippen LogP contribution in [0, 0.1) is 6.92 Å². The van der Waals surface area contributed by atoms with E-state index in [4.69, 9.17) is 9.47 Å². The number of aromatic nitrogens is 1. The first-order valence-electron chi connectivity index (χ1n) is 11.1. The number of hydrogen-bond acceptors (Lipinski definition) is 4. The van der Waals surface area contributed by atoms with Gasteiger partial charge in [-0.25, -0.2) is 4.98 Å². The lowest BCUT2D eigenvalue weighted by Crippen LogP contribution is -2.49. The van der Waals surface area contributed by atoms with Crippen LogP contribution in [0.3, 0.4) is 0 Å². The van der Waals surface area contributed by atoms with Crippen LogP contribution < -0.4 is 9.47 Å². The van der Waals surface area contributed by atoms with E-state index in [1.807, 2.05) is 0 Å². The third-order valence-corrected chi connectivity index (χ3v) is 7.18. The molecule has 37 heavy (non-hydrogen) atoms. The number of halogens is 6. The first-order valence-corrected chi connectivity index (χ1v) is 11.9. The summed E-state index contributed by atoms with van der Waals surface area (Å²) < 4.78 is 102. The number of aryl methyl sites for hydroxylation is 1. The SMILES string of the molecule is COc1ccc(-c2nc(C3=C(C(=C(C)C)c4ccc(C)cc4)C(F)(F)C(F)(F)C3(F)F)c(OC)s2)cc1. The van der Waals surface area contributed by atoms with Gasteiger partial charge in [-0.05, 0) is 56.2 Å². The van der Waals surface area contributed by atoms with E-state index in [1.54, 1.807) is 43.3 Å². The van der Waals surface area contributed by atoms with Gasteiger partial charge in [-0.1, -0.05) is 46.7 Å². The van der Waals surface area contributed by atoms with Crippen LogP contribution in [0.15, 0.2) is 59.7 Å². The fourth-order valence-corrected chi connectivity index (χ4v) is 5.13. The Labute approximate surface area is 214 Å². The standard InChI is InChI=1S/C27H23F6NO2S/c1-14(2)19(16-8-6-15(3)7-9-16)20-21(26(30,31)27(32,33)25(20,28)29)22-24(36-5)37-23(34-22)17-10-12-18(35-4)13-11-17/h6-13H,1-5H3. The quantitative estimate of drug-likeness (QED) is 0.295. The summed E-state index contributed by atoms with van der Waals surface area (Å²) in [6.07, 6.45) is 0. The van der Waals surface area contributed by atoms with Crippen molar-refractivity contribution in [1.29, 1.82) is 0 Å². The normalized spacial score (nSPS) is 17.6. The summed E-state index contributed by atoms with van der Waals surface area (Å²) in [5, 5.41) is -0.159. The van der Waals surface area contributed by atoms with Gasteiger partial charge in [0.2, 0.25) is 5.06 Å². The van der Waals surface area contributed by atoms with Gasteiger partial charge in [0.15, 0.2) is 0 Å². The Hall–Kier alpha value is -3.27. The van der Waals surface area contributed by atoms with Crippen LogP contribution in [-0.2, 0) is 0 Å². The van der Waals surface area contributed by atoms with Crippen LogP contribution >= 0.6 is 11.3 Å². The Bertz CT molecular complexity index is 1390. The van der Waals surface area contributed by atoms with Crippen molar-refractivity contribution in [2.75, 3.05) is 14.2 Å². The molecule has 4 rings (SSSR count). The average Bonchev–Trinajstić information content (AvgIpc) is 3.31. The molecule has 3 aromatic rings. The molecule has 0 aliphatic heterocycles. The second kappa shape index (κ2) is 9.24. The van der Waals surface area contributed by atoms with Gasteiger partial charge in [-0.3, -0.25) is 0 Å². The topological polar surface area (TPSA) is 31.4 Å². The van der Waals surface area contributed by atoms with Crippen LogP contribution in [0.2, 0.25) is 0 Å². The minimum atomic E-state index is -5.70. The van der Waals surface area contributed by atoms with E-state index in [-0.39, 0.29) is 21.2 Å². The highest BCUT2D eigenvalue weighted by Gasteiger charge is 2.81. The lowest BCUT2D eigenvalue weighted by Gasteiger charge is -2.26. The molecule has 0 N–H and O–H groups in total. The highest BCUT2D eigenvalue weighted by molar-refractivity contribution is 7.17. The van der Waals surface area contributed by atoms with E-state index in [9.17, 15) is 8.78 Å². The zero-order chi connectivity index (χ0) is 27.3. The zero-order valence-electron chi connectivity index (χ0n) is 20.6. The number of nitrogens with zero attached hydrogens (tertiary/aromatic N) is 1. The van der Waals surface area contributed by atoms with Gasteiger partial charge < -0.3 is 9.47 Å². The molecule has 3 nitrogen and oxygen atoms in total. The Morgan fingerprint density at radius 3 is 1.92 bits per heavy atom. The summed E-state index contributed by atoms with van der Waals surface area (Å²) in [4.78, 5) is 4.14. The van der Waals surface area contributed by atoms with Crippen molar-refractivity contribution in [1.82, 2.24) is 4.98 Å². The fourth-order valence-electron chi connectivity index (χ4n) is 4.24.